The number of benzene rings is 3. The molecule has 41 heavy (non-hydrogen) atoms. The normalized spacial score (nSPS) is 16.5. The second-order valence-electron chi connectivity index (χ2n) is 8.98. The summed E-state index contributed by atoms with van der Waals surface area (Å²) in [7, 11) is -0.604. The summed E-state index contributed by atoms with van der Waals surface area (Å²) in [5.41, 5.74) is 3.10. The number of hydrogen-bond acceptors (Lipinski definition) is 10. The molecule has 8 nitrogen and oxygen atoms in total. The minimum atomic E-state index is -4.27. The van der Waals surface area contributed by atoms with Crippen molar-refractivity contribution in [3.8, 4) is 5.75 Å². The lowest BCUT2D eigenvalue weighted by Crippen LogP contribution is -2.21. The van der Waals surface area contributed by atoms with Gasteiger partial charge in [-0.3, -0.25) is 0 Å². The van der Waals surface area contributed by atoms with E-state index >= 15 is 0 Å². The van der Waals surface area contributed by atoms with Crippen LogP contribution in [-0.2, 0) is 26.2 Å². The zero-order valence-electron chi connectivity index (χ0n) is 23.0. The average Bonchev–Trinajstić information content (AvgIpc) is 3.45. The summed E-state index contributed by atoms with van der Waals surface area (Å²) in [6.07, 6.45) is 2.02. The van der Waals surface area contributed by atoms with Crippen molar-refractivity contribution < 1.29 is 31.8 Å². The van der Waals surface area contributed by atoms with E-state index in [9.17, 15) is 17.8 Å². The maximum absolute atomic E-state index is 13.3. The second-order valence-corrected chi connectivity index (χ2v) is 13.4. The Morgan fingerprint density at radius 3 is 2.34 bits per heavy atom. The molecule has 0 saturated carbocycles. The largest absolute Gasteiger partial charge is 0.744 e. The molecular weight excluding hydrogens is 601 g/mol. The van der Waals surface area contributed by atoms with Crippen molar-refractivity contribution in [3.05, 3.63) is 93.9 Å². The molecular formula is C29H30N2O6S4. The minimum Gasteiger partial charge on any atom is -0.744 e. The maximum atomic E-state index is 13.3. The lowest BCUT2D eigenvalue weighted by atomic mass is 10.2. The van der Waals surface area contributed by atoms with Crippen LogP contribution in [0.2, 0.25) is 0 Å². The maximum Gasteiger partial charge on any atom is 0.430 e. The summed E-state index contributed by atoms with van der Waals surface area (Å²) in [5, 5.41) is 0.969. The van der Waals surface area contributed by atoms with E-state index in [0.717, 1.165) is 41.8 Å². The highest BCUT2D eigenvalue weighted by atomic mass is 32.2. The van der Waals surface area contributed by atoms with Gasteiger partial charge in [-0.2, -0.15) is 0 Å². The summed E-state index contributed by atoms with van der Waals surface area (Å²) in [6.45, 7) is 3.46. The quantitative estimate of drug-likeness (QED) is 0.144. The number of nitrogens with zero attached hydrogens (tertiary/aromatic N) is 2. The molecule has 2 aliphatic heterocycles. The molecule has 0 bridgehead atoms. The molecule has 0 fully saturated rings. The lowest BCUT2D eigenvalue weighted by Gasteiger charge is -2.15. The van der Waals surface area contributed by atoms with Crippen molar-refractivity contribution in [1.82, 2.24) is 0 Å². The number of rotatable bonds is 7. The standard InChI is InChI=1S/C22H23N2O3S3.C7H8O3S/c1-23-17-13-16(27-12-11-26-2)9-10-18(17)29-21(23)19-20(25)24(22(28-3)30-19)14-15-7-5-4-6-8-15;1-6-2-4-7(5-3-6)11(8,9)10/h4-10,13H,11-12,14H2,1-3H3;2-5H,1H3,(H,8,9,10)/q+1;/p-1. The van der Waals surface area contributed by atoms with Gasteiger partial charge in [0.25, 0.3) is 4.38 Å². The molecule has 0 saturated heterocycles. The fourth-order valence-corrected chi connectivity index (χ4v) is 7.53. The number of amides is 1. The molecule has 0 N–H and O–H groups in total. The van der Waals surface area contributed by atoms with Crippen LogP contribution >= 0.6 is 35.3 Å². The molecule has 0 atom stereocenters. The SMILES string of the molecule is COCCOc1ccc2c(c1)N(C)C(=C1SC(SC)=[N+](Cc3ccccc3)C1=O)S2.Cc1ccc(S(=O)(=O)[O-])cc1. The van der Waals surface area contributed by atoms with Crippen LogP contribution in [0, 0.1) is 6.92 Å². The molecule has 0 aromatic heterocycles. The molecule has 0 spiro atoms. The highest BCUT2D eigenvalue weighted by Crippen LogP contribution is 2.50. The van der Waals surface area contributed by atoms with E-state index in [-0.39, 0.29) is 10.8 Å². The zero-order chi connectivity index (χ0) is 29.6. The van der Waals surface area contributed by atoms with Crippen LogP contribution in [0.1, 0.15) is 11.1 Å². The Balaban J connectivity index is 0.000000296. The van der Waals surface area contributed by atoms with Gasteiger partial charge in [0.1, 0.15) is 27.5 Å². The molecule has 1 amide bonds. The van der Waals surface area contributed by atoms with Gasteiger partial charge in [0.2, 0.25) is 0 Å². The molecule has 3 aromatic rings. The van der Waals surface area contributed by atoms with Gasteiger partial charge >= 0.3 is 5.91 Å². The molecule has 0 radical (unpaired) electrons. The number of hydrogen-bond donors (Lipinski definition) is 0. The molecule has 3 aromatic carbocycles. The zero-order valence-corrected chi connectivity index (χ0v) is 26.3. The summed E-state index contributed by atoms with van der Waals surface area (Å²) in [5.74, 6) is 0.865. The van der Waals surface area contributed by atoms with E-state index in [2.05, 4.69) is 23.1 Å². The summed E-state index contributed by atoms with van der Waals surface area (Å²) < 4.78 is 44.9. The topological polar surface area (TPSA) is 99.0 Å². The number of thioether (sulfide) groups is 3. The molecule has 2 heterocycles. The van der Waals surface area contributed by atoms with Crippen molar-refractivity contribution in [1.29, 1.82) is 0 Å². The molecule has 0 aliphatic carbocycles. The van der Waals surface area contributed by atoms with Crippen molar-refractivity contribution >= 4 is 61.4 Å². The number of anilines is 1. The fraction of sp³-hybridized carbons (Fsp3) is 0.241. The Bertz CT molecular complexity index is 1570. The first kappa shape index (κ1) is 31.2. The van der Waals surface area contributed by atoms with E-state index < -0.39 is 10.1 Å². The van der Waals surface area contributed by atoms with Crippen LogP contribution in [0.5, 0.6) is 5.75 Å². The lowest BCUT2D eigenvalue weighted by molar-refractivity contribution is -0.453. The highest BCUT2D eigenvalue weighted by Gasteiger charge is 2.42. The van der Waals surface area contributed by atoms with Gasteiger partial charge in [0, 0.05) is 42.4 Å². The Morgan fingerprint density at radius 1 is 1.00 bits per heavy atom. The Labute approximate surface area is 253 Å². The predicted octanol–water partition coefficient (Wildman–Crippen LogP) is 5.53. The molecule has 5 rings (SSSR count). The third-order valence-corrected chi connectivity index (χ3v) is 10.6. The van der Waals surface area contributed by atoms with Gasteiger partial charge in [-0.15, -0.1) is 4.58 Å². The summed E-state index contributed by atoms with van der Waals surface area (Å²) in [6, 6.07) is 21.9. The van der Waals surface area contributed by atoms with Gasteiger partial charge in [0.05, 0.1) is 17.2 Å². The van der Waals surface area contributed by atoms with Crippen molar-refractivity contribution in [2.75, 3.05) is 38.5 Å². The van der Waals surface area contributed by atoms with Crippen LogP contribution in [0.15, 0.2) is 92.5 Å². The van der Waals surface area contributed by atoms with E-state index in [1.54, 1.807) is 54.5 Å². The number of aryl methyl sites for hydroxylation is 1. The van der Waals surface area contributed by atoms with E-state index in [1.807, 2.05) is 55.1 Å². The van der Waals surface area contributed by atoms with E-state index in [4.69, 9.17) is 9.47 Å². The second kappa shape index (κ2) is 14.0. The number of carbonyl (C=O) groups is 1. The predicted molar refractivity (Wildman–Crippen MR) is 166 cm³/mol. The Hall–Kier alpha value is -2.74. The van der Waals surface area contributed by atoms with Crippen LogP contribution < -0.4 is 9.64 Å². The Kier molecular flexibility index (Phi) is 10.6. The van der Waals surface area contributed by atoms with Gasteiger partial charge in [-0.05, 0) is 37.4 Å². The molecule has 12 heteroatoms. The molecule has 0 unspecified atom stereocenters. The van der Waals surface area contributed by atoms with Crippen molar-refractivity contribution in [3.63, 3.8) is 0 Å². The average molecular weight is 631 g/mol. The van der Waals surface area contributed by atoms with Gasteiger partial charge < -0.3 is 18.9 Å². The number of fused-ring (bicyclic) bond motifs is 1. The molecule has 2 aliphatic rings. The minimum absolute atomic E-state index is 0.0620. The van der Waals surface area contributed by atoms with Crippen molar-refractivity contribution in [2.24, 2.45) is 0 Å². The van der Waals surface area contributed by atoms with Crippen LogP contribution in [0.3, 0.4) is 0 Å². The van der Waals surface area contributed by atoms with Crippen LogP contribution in [0.4, 0.5) is 5.69 Å². The smallest absolute Gasteiger partial charge is 0.430 e. The first-order valence-electron chi connectivity index (χ1n) is 12.5. The first-order valence-corrected chi connectivity index (χ1v) is 16.8. The number of methoxy groups -OCH3 is 1. The third kappa shape index (κ3) is 7.76. The van der Waals surface area contributed by atoms with Gasteiger partial charge in [-0.25, -0.2) is 13.2 Å². The fourth-order valence-electron chi connectivity index (χ4n) is 3.94. The Morgan fingerprint density at radius 2 is 1.71 bits per heavy atom. The van der Waals surface area contributed by atoms with E-state index in [0.29, 0.717) is 19.8 Å². The van der Waals surface area contributed by atoms with Crippen LogP contribution in [-0.4, -0.2) is 61.5 Å². The van der Waals surface area contributed by atoms with Gasteiger partial charge in [0.15, 0.2) is 11.4 Å². The number of carbonyl (C=O) groups excluding carboxylic acids is 1. The third-order valence-electron chi connectivity index (χ3n) is 6.07. The van der Waals surface area contributed by atoms with Gasteiger partial charge in [-0.1, -0.05) is 71.6 Å². The number of ether oxygens (including phenoxy) is 2. The van der Waals surface area contributed by atoms with Crippen molar-refractivity contribution in [2.45, 2.75) is 23.3 Å². The van der Waals surface area contributed by atoms with E-state index in [1.165, 1.54) is 12.1 Å². The molecule has 216 valence electrons. The van der Waals surface area contributed by atoms with Crippen LogP contribution in [0.25, 0.3) is 0 Å². The first-order chi connectivity index (χ1) is 19.6. The summed E-state index contributed by atoms with van der Waals surface area (Å²) in [4.78, 5) is 17.2. The monoisotopic (exact) mass is 630 g/mol. The summed E-state index contributed by atoms with van der Waals surface area (Å²) >= 11 is 4.82. The highest BCUT2D eigenvalue weighted by molar-refractivity contribution is 8.40.